The Morgan fingerprint density at radius 1 is 1.00 bits per heavy atom. The van der Waals surface area contributed by atoms with E-state index in [2.05, 4.69) is 44.4 Å². The van der Waals surface area contributed by atoms with E-state index in [1.165, 1.54) is 22.4 Å². The van der Waals surface area contributed by atoms with Crippen LogP contribution in [0.15, 0.2) is 66.7 Å². The molecule has 5 nitrogen and oxygen atoms in total. The molecule has 0 radical (unpaired) electrons. The van der Waals surface area contributed by atoms with Gasteiger partial charge in [0, 0.05) is 6.42 Å². The SMILES string of the molecule is C[N+](C)(CCc1ccc2ccccc2c1)CC(O)COc1ccccc1C(=O)O.Cl. The zero-order valence-electron chi connectivity index (χ0n) is 17.3. The maximum absolute atomic E-state index is 11.3. The summed E-state index contributed by atoms with van der Waals surface area (Å²) in [6, 6.07) is 21.3. The topological polar surface area (TPSA) is 66.8 Å². The van der Waals surface area contributed by atoms with E-state index in [9.17, 15) is 15.0 Å². The number of hydrogen-bond donors (Lipinski definition) is 2. The Labute approximate surface area is 183 Å². The minimum Gasteiger partial charge on any atom is -0.490 e. The number of carboxylic acid groups (broad SMARTS) is 1. The summed E-state index contributed by atoms with van der Waals surface area (Å²) in [5.74, 6) is -0.762. The van der Waals surface area contributed by atoms with Gasteiger partial charge in [0.2, 0.25) is 0 Å². The molecule has 0 saturated carbocycles. The van der Waals surface area contributed by atoms with Gasteiger partial charge < -0.3 is 19.4 Å². The first-order chi connectivity index (χ1) is 13.8. The van der Waals surface area contributed by atoms with Crippen LogP contribution >= 0.6 is 12.4 Å². The molecule has 0 amide bonds. The molecule has 3 rings (SSSR count). The number of hydrogen-bond acceptors (Lipinski definition) is 3. The Kier molecular flexibility index (Phi) is 8.24. The van der Waals surface area contributed by atoms with Crippen molar-refractivity contribution >= 4 is 29.1 Å². The lowest BCUT2D eigenvalue weighted by atomic mass is 10.0. The van der Waals surface area contributed by atoms with Gasteiger partial charge in [0.15, 0.2) is 0 Å². The number of halogens is 1. The molecule has 0 spiro atoms. The van der Waals surface area contributed by atoms with Crippen LogP contribution in [0.5, 0.6) is 5.75 Å². The van der Waals surface area contributed by atoms with E-state index >= 15 is 0 Å². The number of ether oxygens (including phenoxy) is 1. The van der Waals surface area contributed by atoms with E-state index in [1.54, 1.807) is 18.2 Å². The quantitative estimate of drug-likeness (QED) is 0.503. The summed E-state index contributed by atoms with van der Waals surface area (Å²) in [6.45, 7) is 1.45. The molecule has 0 fully saturated rings. The summed E-state index contributed by atoms with van der Waals surface area (Å²) in [5.41, 5.74) is 1.38. The maximum atomic E-state index is 11.3. The summed E-state index contributed by atoms with van der Waals surface area (Å²) in [7, 11) is 4.16. The summed E-state index contributed by atoms with van der Waals surface area (Å²) in [6.07, 6.45) is 0.219. The van der Waals surface area contributed by atoms with E-state index in [0.717, 1.165) is 13.0 Å². The van der Waals surface area contributed by atoms with E-state index in [-0.39, 0.29) is 30.3 Å². The molecule has 1 unspecified atom stereocenters. The third kappa shape index (κ3) is 6.46. The number of nitrogens with zero attached hydrogens (tertiary/aromatic N) is 1. The summed E-state index contributed by atoms with van der Waals surface area (Å²) in [4.78, 5) is 11.3. The monoisotopic (exact) mass is 430 g/mol. The fourth-order valence-electron chi connectivity index (χ4n) is 3.50. The van der Waals surface area contributed by atoms with E-state index < -0.39 is 12.1 Å². The van der Waals surface area contributed by atoms with Gasteiger partial charge in [-0.1, -0.05) is 54.6 Å². The van der Waals surface area contributed by atoms with Crippen molar-refractivity contribution in [2.75, 3.05) is 33.8 Å². The Morgan fingerprint density at radius 3 is 2.40 bits per heavy atom. The van der Waals surface area contributed by atoms with Gasteiger partial charge >= 0.3 is 5.97 Å². The molecule has 160 valence electrons. The highest BCUT2D eigenvalue weighted by atomic mass is 35.5. The van der Waals surface area contributed by atoms with Crippen LogP contribution in [0.4, 0.5) is 0 Å². The van der Waals surface area contributed by atoms with Crippen LogP contribution in [0.2, 0.25) is 0 Å². The van der Waals surface area contributed by atoms with Crippen molar-refractivity contribution in [3.8, 4) is 5.75 Å². The molecule has 30 heavy (non-hydrogen) atoms. The minimum atomic E-state index is -1.04. The van der Waals surface area contributed by atoms with Crippen LogP contribution < -0.4 is 4.74 Å². The van der Waals surface area contributed by atoms with Gasteiger partial charge in [-0.05, 0) is 28.5 Å². The molecule has 0 bridgehead atoms. The second kappa shape index (κ2) is 10.4. The van der Waals surface area contributed by atoms with Gasteiger partial charge in [-0.15, -0.1) is 12.4 Å². The van der Waals surface area contributed by atoms with E-state index in [1.807, 2.05) is 12.1 Å². The van der Waals surface area contributed by atoms with Crippen molar-refractivity contribution in [3.05, 3.63) is 77.9 Å². The molecule has 2 N–H and O–H groups in total. The van der Waals surface area contributed by atoms with E-state index in [0.29, 0.717) is 11.0 Å². The van der Waals surface area contributed by atoms with Gasteiger partial charge in [0.05, 0.1) is 20.6 Å². The predicted molar refractivity (Wildman–Crippen MR) is 122 cm³/mol. The number of carboxylic acids is 1. The Morgan fingerprint density at radius 2 is 1.67 bits per heavy atom. The van der Waals surface area contributed by atoms with Gasteiger partial charge in [-0.25, -0.2) is 4.79 Å². The van der Waals surface area contributed by atoms with Crippen molar-refractivity contribution in [1.82, 2.24) is 0 Å². The Bertz CT molecular complexity index is 990. The lowest BCUT2D eigenvalue weighted by molar-refractivity contribution is -0.893. The molecular formula is C24H29ClNO4+. The third-order valence-electron chi connectivity index (χ3n) is 5.07. The van der Waals surface area contributed by atoms with Crippen LogP contribution in [-0.4, -0.2) is 60.6 Å². The highest BCUT2D eigenvalue weighted by Crippen LogP contribution is 2.19. The lowest BCUT2D eigenvalue weighted by Gasteiger charge is -2.32. The van der Waals surface area contributed by atoms with Crippen LogP contribution in [0.3, 0.4) is 0 Å². The molecule has 3 aromatic carbocycles. The summed E-state index contributed by atoms with van der Waals surface area (Å²) in [5, 5.41) is 22.1. The molecule has 0 aliphatic heterocycles. The summed E-state index contributed by atoms with van der Waals surface area (Å²) >= 11 is 0. The number of aliphatic hydroxyl groups is 1. The number of fused-ring (bicyclic) bond motifs is 1. The van der Waals surface area contributed by atoms with Gasteiger partial charge in [0.25, 0.3) is 0 Å². The van der Waals surface area contributed by atoms with Crippen LogP contribution in [0.1, 0.15) is 15.9 Å². The first kappa shape index (κ1) is 23.7. The van der Waals surface area contributed by atoms with Crippen LogP contribution in [0, 0.1) is 0 Å². The number of para-hydroxylation sites is 1. The number of aromatic carboxylic acids is 1. The van der Waals surface area contributed by atoms with E-state index in [4.69, 9.17) is 4.74 Å². The largest absolute Gasteiger partial charge is 0.490 e. The van der Waals surface area contributed by atoms with Gasteiger partial charge in [-0.3, -0.25) is 0 Å². The minimum absolute atomic E-state index is 0. The van der Waals surface area contributed by atoms with Crippen LogP contribution in [-0.2, 0) is 6.42 Å². The average molecular weight is 431 g/mol. The Hall–Kier alpha value is -2.60. The molecule has 1 atom stereocenters. The number of likely N-dealkylation sites (N-methyl/N-ethyl adjacent to an activating group) is 1. The summed E-state index contributed by atoms with van der Waals surface area (Å²) < 4.78 is 6.21. The molecule has 0 aromatic heterocycles. The normalized spacial score (nSPS) is 12.2. The Balaban J connectivity index is 0.00000320. The van der Waals surface area contributed by atoms with Gasteiger partial charge in [-0.2, -0.15) is 0 Å². The number of carbonyl (C=O) groups is 1. The highest BCUT2D eigenvalue weighted by molar-refractivity contribution is 5.90. The molecule has 0 aliphatic rings. The smallest absolute Gasteiger partial charge is 0.339 e. The van der Waals surface area contributed by atoms with Crippen LogP contribution in [0.25, 0.3) is 10.8 Å². The van der Waals surface area contributed by atoms with Crippen molar-refractivity contribution in [2.24, 2.45) is 0 Å². The molecule has 3 aromatic rings. The van der Waals surface area contributed by atoms with Crippen molar-refractivity contribution in [3.63, 3.8) is 0 Å². The van der Waals surface area contributed by atoms with Crippen molar-refractivity contribution < 1.29 is 24.2 Å². The first-order valence-corrected chi connectivity index (χ1v) is 9.77. The number of aliphatic hydroxyl groups excluding tert-OH is 1. The number of quaternary nitrogens is 1. The molecule has 0 saturated heterocycles. The molecule has 0 aliphatic carbocycles. The highest BCUT2D eigenvalue weighted by Gasteiger charge is 2.22. The zero-order valence-corrected chi connectivity index (χ0v) is 18.1. The second-order valence-electron chi connectivity index (χ2n) is 8.04. The molecular weight excluding hydrogens is 402 g/mol. The molecule has 6 heteroatoms. The van der Waals surface area contributed by atoms with Crippen molar-refractivity contribution in [2.45, 2.75) is 12.5 Å². The fraction of sp³-hybridized carbons (Fsp3) is 0.292. The standard InChI is InChI=1S/C24H27NO4.ClH/c1-25(2,14-13-18-11-12-19-7-3-4-8-20(19)15-18)16-21(26)17-29-23-10-6-5-9-22(23)24(27)28;/h3-12,15,21,26H,13-14,16-17H2,1-2H3;1H/p+1. The third-order valence-corrected chi connectivity index (χ3v) is 5.07. The zero-order chi connectivity index (χ0) is 20.9. The number of benzene rings is 3. The molecule has 0 heterocycles. The fourth-order valence-corrected chi connectivity index (χ4v) is 3.50. The first-order valence-electron chi connectivity index (χ1n) is 9.77. The predicted octanol–water partition coefficient (Wildman–Crippen LogP) is 4.02. The second-order valence-corrected chi connectivity index (χ2v) is 8.04. The maximum Gasteiger partial charge on any atom is 0.339 e. The number of rotatable bonds is 9. The lowest BCUT2D eigenvalue weighted by Crippen LogP contribution is -2.48. The van der Waals surface area contributed by atoms with Gasteiger partial charge in [0.1, 0.15) is 30.6 Å². The van der Waals surface area contributed by atoms with Crippen molar-refractivity contribution in [1.29, 1.82) is 0 Å². The average Bonchev–Trinajstić information content (AvgIpc) is 2.70.